The number of hydrogen-bond donors (Lipinski definition) is 1. The van der Waals surface area contributed by atoms with Crippen molar-refractivity contribution in [3.05, 3.63) is 64.4 Å². The Labute approximate surface area is 156 Å². The van der Waals surface area contributed by atoms with Crippen LogP contribution >= 0.6 is 11.3 Å². The van der Waals surface area contributed by atoms with Crippen molar-refractivity contribution in [2.45, 2.75) is 38.1 Å². The van der Waals surface area contributed by atoms with Gasteiger partial charge in [-0.1, -0.05) is 6.07 Å². The minimum atomic E-state index is 0.0116. The molecule has 3 aromatic rings. The number of carbonyl (C=O) groups is 1. The Morgan fingerprint density at radius 1 is 1.27 bits per heavy atom. The molecule has 6 heteroatoms. The molecule has 3 aromatic heterocycles. The molecule has 0 unspecified atom stereocenters. The standard InChI is InChI=1S/C20H20N4OS/c25-19(9-8-15-5-3-11-26-15)23-17-6-1-7-18-16(17)13-22-20(24-18)14-4-2-10-21-12-14/h2-5,10-13,17H,1,6-9H2,(H,23,25)/t17-/m0/s1. The third-order valence-corrected chi connectivity index (χ3v) is 5.55. The minimum absolute atomic E-state index is 0.0116. The summed E-state index contributed by atoms with van der Waals surface area (Å²) >= 11 is 1.69. The van der Waals surface area contributed by atoms with Crippen LogP contribution in [0.1, 0.15) is 41.4 Å². The summed E-state index contributed by atoms with van der Waals surface area (Å²) in [5.74, 6) is 0.786. The van der Waals surface area contributed by atoms with Crippen molar-refractivity contribution in [1.82, 2.24) is 20.3 Å². The van der Waals surface area contributed by atoms with Crippen molar-refractivity contribution in [2.75, 3.05) is 0 Å². The van der Waals surface area contributed by atoms with Gasteiger partial charge in [0.15, 0.2) is 5.82 Å². The lowest BCUT2D eigenvalue weighted by Gasteiger charge is -2.25. The van der Waals surface area contributed by atoms with E-state index in [1.807, 2.05) is 29.8 Å². The number of nitrogens with one attached hydrogen (secondary N) is 1. The van der Waals surface area contributed by atoms with Gasteiger partial charge in [0, 0.05) is 46.7 Å². The van der Waals surface area contributed by atoms with E-state index in [0.717, 1.165) is 42.5 Å². The van der Waals surface area contributed by atoms with Gasteiger partial charge in [0.05, 0.1) is 6.04 Å². The minimum Gasteiger partial charge on any atom is -0.349 e. The zero-order chi connectivity index (χ0) is 17.8. The average Bonchev–Trinajstić information content (AvgIpc) is 3.21. The smallest absolute Gasteiger partial charge is 0.220 e. The van der Waals surface area contributed by atoms with Crippen LogP contribution in [0.5, 0.6) is 0 Å². The van der Waals surface area contributed by atoms with Crippen LogP contribution in [0.15, 0.2) is 48.2 Å². The normalized spacial score (nSPS) is 16.1. The molecule has 5 nitrogen and oxygen atoms in total. The molecule has 1 amide bonds. The summed E-state index contributed by atoms with van der Waals surface area (Å²) in [6.07, 6.45) is 9.57. The number of carbonyl (C=O) groups excluding carboxylic acids is 1. The number of fused-ring (bicyclic) bond motifs is 1. The first-order valence-corrected chi connectivity index (χ1v) is 9.75. The lowest BCUT2D eigenvalue weighted by molar-refractivity contribution is -0.121. The van der Waals surface area contributed by atoms with Crippen LogP contribution in [0.25, 0.3) is 11.4 Å². The molecule has 0 aliphatic heterocycles. The average molecular weight is 364 g/mol. The Kier molecular flexibility index (Phi) is 5.02. The predicted molar refractivity (Wildman–Crippen MR) is 102 cm³/mol. The molecule has 0 fully saturated rings. The Morgan fingerprint density at radius 3 is 3.04 bits per heavy atom. The highest BCUT2D eigenvalue weighted by Crippen LogP contribution is 2.29. The maximum absolute atomic E-state index is 12.3. The van der Waals surface area contributed by atoms with Crippen LogP contribution in [0.2, 0.25) is 0 Å². The fourth-order valence-electron chi connectivity index (χ4n) is 3.29. The van der Waals surface area contributed by atoms with Gasteiger partial charge in [-0.3, -0.25) is 9.78 Å². The number of thiophene rings is 1. The van der Waals surface area contributed by atoms with Gasteiger partial charge in [-0.05, 0) is 49.3 Å². The molecule has 1 N–H and O–H groups in total. The van der Waals surface area contributed by atoms with E-state index in [4.69, 9.17) is 4.98 Å². The first kappa shape index (κ1) is 16.8. The first-order valence-electron chi connectivity index (χ1n) is 8.87. The Morgan fingerprint density at radius 2 is 2.23 bits per heavy atom. The lowest BCUT2D eigenvalue weighted by Crippen LogP contribution is -2.31. The SMILES string of the molecule is O=C(CCc1cccs1)N[C@H]1CCCc2nc(-c3cccnc3)ncc21. The topological polar surface area (TPSA) is 67.8 Å². The summed E-state index contributed by atoms with van der Waals surface area (Å²) in [5.41, 5.74) is 3.00. The maximum Gasteiger partial charge on any atom is 0.220 e. The van der Waals surface area contributed by atoms with Crippen LogP contribution < -0.4 is 5.32 Å². The predicted octanol–water partition coefficient (Wildman–Crippen LogP) is 3.73. The van der Waals surface area contributed by atoms with Crippen molar-refractivity contribution in [3.8, 4) is 11.4 Å². The van der Waals surface area contributed by atoms with Gasteiger partial charge in [0.25, 0.3) is 0 Å². The van der Waals surface area contributed by atoms with E-state index >= 15 is 0 Å². The van der Waals surface area contributed by atoms with Gasteiger partial charge >= 0.3 is 0 Å². The summed E-state index contributed by atoms with van der Waals surface area (Å²) in [7, 11) is 0. The Hall–Kier alpha value is -2.60. The van der Waals surface area contributed by atoms with E-state index in [0.29, 0.717) is 12.2 Å². The van der Waals surface area contributed by atoms with Crippen molar-refractivity contribution in [2.24, 2.45) is 0 Å². The largest absolute Gasteiger partial charge is 0.349 e. The van der Waals surface area contributed by atoms with E-state index < -0.39 is 0 Å². The van der Waals surface area contributed by atoms with Crippen LogP contribution in [0, 0.1) is 0 Å². The second-order valence-electron chi connectivity index (χ2n) is 6.43. The molecule has 3 heterocycles. The Bertz CT molecular complexity index is 880. The molecule has 0 bridgehead atoms. The van der Waals surface area contributed by atoms with Gasteiger partial charge in [0.1, 0.15) is 0 Å². The molecular weight excluding hydrogens is 344 g/mol. The number of pyridine rings is 1. The molecule has 0 saturated heterocycles. The maximum atomic E-state index is 12.3. The quantitative estimate of drug-likeness (QED) is 0.749. The zero-order valence-corrected chi connectivity index (χ0v) is 15.2. The Balaban J connectivity index is 1.46. The summed E-state index contributed by atoms with van der Waals surface area (Å²) < 4.78 is 0. The van der Waals surface area contributed by atoms with Crippen LogP contribution in [0.3, 0.4) is 0 Å². The monoisotopic (exact) mass is 364 g/mol. The van der Waals surface area contributed by atoms with Gasteiger partial charge < -0.3 is 5.32 Å². The highest BCUT2D eigenvalue weighted by Gasteiger charge is 2.24. The highest BCUT2D eigenvalue weighted by atomic mass is 32.1. The van der Waals surface area contributed by atoms with E-state index in [2.05, 4.69) is 21.4 Å². The van der Waals surface area contributed by atoms with E-state index in [1.165, 1.54) is 4.88 Å². The van der Waals surface area contributed by atoms with Gasteiger partial charge in [-0.2, -0.15) is 0 Å². The third-order valence-electron chi connectivity index (χ3n) is 4.62. The molecule has 0 spiro atoms. The number of nitrogens with zero attached hydrogens (tertiary/aromatic N) is 3. The van der Waals surface area contributed by atoms with E-state index in [1.54, 1.807) is 23.7 Å². The van der Waals surface area contributed by atoms with Gasteiger partial charge in [-0.15, -0.1) is 11.3 Å². The fraction of sp³-hybridized carbons (Fsp3) is 0.300. The van der Waals surface area contributed by atoms with E-state index in [9.17, 15) is 4.79 Å². The number of aromatic nitrogens is 3. The number of aryl methyl sites for hydroxylation is 2. The lowest BCUT2D eigenvalue weighted by atomic mass is 9.92. The van der Waals surface area contributed by atoms with E-state index in [-0.39, 0.29) is 11.9 Å². The van der Waals surface area contributed by atoms with Crippen molar-refractivity contribution in [3.63, 3.8) is 0 Å². The fourth-order valence-corrected chi connectivity index (χ4v) is 4.00. The molecule has 0 saturated carbocycles. The molecule has 4 rings (SSSR count). The van der Waals surface area contributed by atoms with Crippen molar-refractivity contribution in [1.29, 1.82) is 0 Å². The summed E-state index contributed by atoms with van der Waals surface area (Å²) in [5, 5.41) is 5.21. The molecule has 1 aliphatic carbocycles. The third kappa shape index (κ3) is 3.80. The molecular formula is C20H20N4OS. The second-order valence-corrected chi connectivity index (χ2v) is 7.46. The summed E-state index contributed by atoms with van der Waals surface area (Å²) in [4.78, 5) is 27.0. The molecule has 1 aliphatic rings. The number of amides is 1. The van der Waals surface area contributed by atoms with Gasteiger partial charge in [-0.25, -0.2) is 9.97 Å². The van der Waals surface area contributed by atoms with Crippen molar-refractivity contribution < 1.29 is 4.79 Å². The second kappa shape index (κ2) is 7.74. The number of rotatable bonds is 5. The molecule has 26 heavy (non-hydrogen) atoms. The summed E-state index contributed by atoms with van der Waals surface area (Å²) in [6, 6.07) is 7.95. The van der Waals surface area contributed by atoms with Crippen molar-refractivity contribution >= 4 is 17.2 Å². The highest BCUT2D eigenvalue weighted by molar-refractivity contribution is 7.09. The molecule has 1 atom stereocenters. The molecule has 0 radical (unpaired) electrons. The van der Waals surface area contributed by atoms with Crippen LogP contribution in [-0.2, 0) is 17.6 Å². The number of hydrogen-bond acceptors (Lipinski definition) is 5. The molecule has 0 aromatic carbocycles. The van der Waals surface area contributed by atoms with Gasteiger partial charge in [0.2, 0.25) is 5.91 Å². The first-order chi connectivity index (χ1) is 12.8. The summed E-state index contributed by atoms with van der Waals surface area (Å²) in [6.45, 7) is 0. The van der Waals surface area contributed by atoms with Crippen LogP contribution in [0.4, 0.5) is 0 Å². The van der Waals surface area contributed by atoms with Crippen LogP contribution in [-0.4, -0.2) is 20.9 Å². The zero-order valence-electron chi connectivity index (χ0n) is 14.4. The molecule has 132 valence electrons.